The molecule has 0 fully saturated rings. The second kappa shape index (κ2) is 6.06. The lowest BCUT2D eigenvalue weighted by atomic mass is 10.1. The molecule has 3 rings (SSSR count). The number of carboxylic acid groups (broad SMARTS) is 1. The van der Waals surface area contributed by atoms with Crippen LogP contribution >= 0.6 is 11.6 Å². The van der Waals surface area contributed by atoms with Gasteiger partial charge >= 0.3 is 0 Å². The largest absolute Gasteiger partial charge is 0.545 e. The van der Waals surface area contributed by atoms with Gasteiger partial charge in [0.15, 0.2) is 5.82 Å². The van der Waals surface area contributed by atoms with Crippen LogP contribution in [0.4, 0.5) is 0 Å². The summed E-state index contributed by atoms with van der Waals surface area (Å²) >= 11 is 6.22. The number of halogens is 1. The Balaban J connectivity index is 2.13. The Hall–Kier alpha value is -2.92. The predicted octanol–water partition coefficient (Wildman–Crippen LogP) is 2.02. The maximum Gasteiger partial charge on any atom is 0.259 e. The lowest BCUT2D eigenvalue weighted by molar-refractivity contribution is -0.255. The first-order valence-electron chi connectivity index (χ1n) is 6.72. The van der Waals surface area contributed by atoms with E-state index in [0.29, 0.717) is 0 Å². The molecule has 1 heterocycles. The maximum absolute atomic E-state index is 12.1. The molecule has 0 aliphatic heterocycles. The van der Waals surface area contributed by atoms with E-state index in [-0.39, 0.29) is 27.3 Å². The van der Waals surface area contributed by atoms with Crippen LogP contribution in [0, 0.1) is 0 Å². The first-order chi connectivity index (χ1) is 11.0. The van der Waals surface area contributed by atoms with Crippen LogP contribution in [0.3, 0.4) is 0 Å². The molecule has 114 valence electrons. The van der Waals surface area contributed by atoms with E-state index in [1.165, 1.54) is 18.2 Å². The summed E-state index contributed by atoms with van der Waals surface area (Å²) in [6.07, 6.45) is 1.66. The Bertz CT molecular complexity index is 978. The summed E-state index contributed by atoms with van der Waals surface area (Å²) in [7, 11) is 0. The molecule has 3 aromatic rings. The Morgan fingerprint density at radius 1 is 1.17 bits per heavy atom. The SMILES string of the molecule is O=C([O-])c1ccc2c(=O)[nH]c(/C(Cl)=C/c3ccccc3)nc2c1. The van der Waals surface area contributed by atoms with E-state index in [1.807, 2.05) is 30.3 Å². The van der Waals surface area contributed by atoms with Crippen LogP contribution in [0.15, 0.2) is 53.3 Å². The molecule has 1 N–H and O–H groups in total. The van der Waals surface area contributed by atoms with Crippen molar-refractivity contribution in [3.8, 4) is 0 Å². The van der Waals surface area contributed by atoms with Crippen LogP contribution in [-0.4, -0.2) is 15.9 Å². The molecule has 6 heteroatoms. The summed E-state index contributed by atoms with van der Waals surface area (Å²) < 4.78 is 0. The van der Waals surface area contributed by atoms with E-state index >= 15 is 0 Å². The number of aromatic amines is 1. The molecular formula is C17H10ClN2O3-. The van der Waals surface area contributed by atoms with Gasteiger partial charge in [0.2, 0.25) is 0 Å². The van der Waals surface area contributed by atoms with Crippen molar-refractivity contribution >= 4 is 39.6 Å². The molecule has 0 aliphatic rings. The van der Waals surface area contributed by atoms with Crippen molar-refractivity contribution in [3.63, 3.8) is 0 Å². The molecule has 0 radical (unpaired) electrons. The predicted molar refractivity (Wildman–Crippen MR) is 86.9 cm³/mol. The fourth-order valence-corrected chi connectivity index (χ4v) is 2.36. The molecule has 1 aromatic heterocycles. The van der Waals surface area contributed by atoms with Crippen LogP contribution in [-0.2, 0) is 0 Å². The van der Waals surface area contributed by atoms with E-state index in [4.69, 9.17) is 11.6 Å². The number of hydrogen-bond acceptors (Lipinski definition) is 4. The van der Waals surface area contributed by atoms with Gasteiger partial charge in [0.25, 0.3) is 5.56 Å². The average Bonchev–Trinajstić information content (AvgIpc) is 2.55. The lowest BCUT2D eigenvalue weighted by Gasteiger charge is -2.05. The van der Waals surface area contributed by atoms with E-state index in [0.717, 1.165) is 5.56 Å². The fraction of sp³-hybridized carbons (Fsp3) is 0. The van der Waals surface area contributed by atoms with Gasteiger partial charge in [0, 0.05) is 0 Å². The van der Waals surface area contributed by atoms with Crippen LogP contribution in [0.5, 0.6) is 0 Å². The molecule has 0 saturated heterocycles. The number of benzene rings is 2. The average molecular weight is 326 g/mol. The van der Waals surface area contributed by atoms with E-state index < -0.39 is 11.5 Å². The van der Waals surface area contributed by atoms with Crippen molar-refractivity contribution in [1.82, 2.24) is 9.97 Å². The van der Waals surface area contributed by atoms with Crippen LogP contribution in [0.25, 0.3) is 22.0 Å². The highest BCUT2D eigenvalue weighted by molar-refractivity contribution is 6.50. The molecule has 2 aromatic carbocycles. The van der Waals surface area contributed by atoms with Crippen molar-refractivity contribution < 1.29 is 9.90 Å². The number of nitrogens with one attached hydrogen (secondary N) is 1. The third kappa shape index (κ3) is 3.14. The molecule has 0 aliphatic carbocycles. The summed E-state index contributed by atoms with van der Waals surface area (Å²) in [5.41, 5.74) is 0.646. The van der Waals surface area contributed by atoms with Gasteiger partial charge in [-0.1, -0.05) is 48.0 Å². The molecule has 0 amide bonds. The number of carbonyl (C=O) groups excluding carboxylic acids is 1. The Morgan fingerprint density at radius 2 is 1.91 bits per heavy atom. The van der Waals surface area contributed by atoms with Crippen LogP contribution < -0.4 is 10.7 Å². The standard InChI is InChI=1S/C17H11ClN2O3/c18-13(8-10-4-2-1-3-5-10)15-19-14-9-11(17(22)23)6-7-12(14)16(21)20-15/h1-9H,(H,22,23)(H,19,20,21)/p-1/b13-8-. The minimum Gasteiger partial charge on any atom is -0.545 e. The summed E-state index contributed by atoms with van der Waals surface area (Å²) in [5.74, 6) is -1.16. The first-order valence-corrected chi connectivity index (χ1v) is 7.10. The summed E-state index contributed by atoms with van der Waals surface area (Å²) in [5, 5.41) is 11.5. The molecule has 5 nitrogen and oxygen atoms in total. The van der Waals surface area contributed by atoms with Crippen LogP contribution in [0.2, 0.25) is 0 Å². The number of fused-ring (bicyclic) bond motifs is 1. The van der Waals surface area contributed by atoms with Gasteiger partial charge in [-0.05, 0) is 29.3 Å². The zero-order valence-electron chi connectivity index (χ0n) is 11.7. The normalized spacial score (nSPS) is 11.6. The zero-order chi connectivity index (χ0) is 16.4. The Morgan fingerprint density at radius 3 is 2.61 bits per heavy atom. The quantitative estimate of drug-likeness (QED) is 0.798. The molecule has 0 unspecified atom stereocenters. The van der Waals surface area contributed by atoms with Gasteiger partial charge in [-0.15, -0.1) is 0 Å². The zero-order valence-corrected chi connectivity index (χ0v) is 12.5. The first kappa shape index (κ1) is 15.0. The van der Waals surface area contributed by atoms with Gasteiger partial charge in [-0.3, -0.25) is 4.79 Å². The maximum atomic E-state index is 12.1. The van der Waals surface area contributed by atoms with Crippen molar-refractivity contribution in [2.45, 2.75) is 0 Å². The fourth-order valence-electron chi connectivity index (χ4n) is 2.14. The Labute approximate surface area is 135 Å². The van der Waals surface area contributed by atoms with Crippen molar-refractivity contribution in [1.29, 1.82) is 0 Å². The smallest absolute Gasteiger partial charge is 0.259 e. The number of rotatable bonds is 3. The van der Waals surface area contributed by atoms with E-state index in [9.17, 15) is 14.7 Å². The molecular weight excluding hydrogens is 316 g/mol. The van der Waals surface area contributed by atoms with Gasteiger partial charge in [0.1, 0.15) is 0 Å². The minimum atomic E-state index is -1.33. The molecule has 0 spiro atoms. The number of nitrogens with zero attached hydrogens (tertiary/aromatic N) is 1. The topological polar surface area (TPSA) is 85.9 Å². The van der Waals surface area contributed by atoms with E-state index in [2.05, 4.69) is 9.97 Å². The minimum absolute atomic E-state index is 0.0512. The van der Waals surface area contributed by atoms with Crippen molar-refractivity contribution in [2.75, 3.05) is 0 Å². The van der Waals surface area contributed by atoms with Crippen molar-refractivity contribution in [2.24, 2.45) is 0 Å². The second-order valence-corrected chi connectivity index (χ2v) is 5.24. The highest BCUT2D eigenvalue weighted by Gasteiger charge is 2.08. The third-order valence-electron chi connectivity index (χ3n) is 3.26. The number of hydrogen-bond donors (Lipinski definition) is 1. The summed E-state index contributed by atoms with van der Waals surface area (Å²) in [6, 6.07) is 13.3. The summed E-state index contributed by atoms with van der Waals surface area (Å²) in [6.45, 7) is 0. The van der Waals surface area contributed by atoms with Crippen LogP contribution in [0.1, 0.15) is 21.7 Å². The van der Waals surface area contributed by atoms with Gasteiger partial charge in [0.05, 0.1) is 21.9 Å². The van der Waals surface area contributed by atoms with Crippen molar-refractivity contribution in [3.05, 3.63) is 75.8 Å². The van der Waals surface area contributed by atoms with Gasteiger partial charge in [-0.25, -0.2) is 4.98 Å². The number of aromatic nitrogens is 2. The molecule has 0 bridgehead atoms. The molecule has 0 atom stereocenters. The second-order valence-electron chi connectivity index (χ2n) is 4.84. The highest BCUT2D eigenvalue weighted by Crippen LogP contribution is 2.20. The number of H-pyrrole nitrogens is 1. The number of carboxylic acids is 1. The summed E-state index contributed by atoms with van der Waals surface area (Å²) in [4.78, 5) is 29.8. The Kier molecular flexibility index (Phi) is 3.95. The van der Waals surface area contributed by atoms with E-state index in [1.54, 1.807) is 6.08 Å². The molecule has 0 saturated carbocycles. The monoisotopic (exact) mass is 325 g/mol. The highest BCUT2D eigenvalue weighted by atomic mass is 35.5. The number of aromatic carboxylic acids is 1. The lowest BCUT2D eigenvalue weighted by Crippen LogP contribution is -2.22. The van der Waals surface area contributed by atoms with Gasteiger partial charge < -0.3 is 14.9 Å². The van der Waals surface area contributed by atoms with Gasteiger partial charge in [-0.2, -0.15) is 0 Å². The third-order valence-corrected chi connectivity index (χ3v) is 3.55. The number of carbonyl (C=O) groups is 1. The molecule has 23 heavy (non-hydrogen) atoms.